The van der Waals surface area contributed by atoms with Crippen LogP contribution in [0.2, 0.25) is 0 Å². The summed E-state index contributed by atoms with van der Waals surface area (Å²) in [7, 11) is 4.04. The van der Waals surface area contributed by atoms with E-state index < -0.39 is 0 Å². The van der Waals surface area contributed by atoms with E-state index in [0.717, 1.165) is 23.3 Å². The normalized spacial score (nSPS) is 13.2. The van der Waals surface area contributed by atoms with Crippen LogP contribution < -0.4 is 5.73 Å². The SMILES string of the molecule is CN(C)CCn1ncc(Br)c1C(N)c1ncn[nH]1. The fourth-order valence-corrected chi connectivity index (χ4v) is 2.19. The number of likely N-dealkylation sites (N-methyl/N-ethyl adjacent to an activating group) is 1. The van der Waals surface area contributed by atoms with Gasteiger partial charge >= 0.3 is 0 Å². The molecule has 0 aliphatic carbocycles. The first-order valence-electron chi connectivity index (χ1n) is 5.56. The van der Waals surface area contributed by atoms with Gasteiger partial charge < -0.3 is 10.6 Å². The van der Waals surface area contributed by atoms with E-state index in [0.29, 0.717) is 5.82 Å². The Bertz CT molecular complexity index is 490. The minimum atomic E-state index is -0.369. The number of rotatable bonds is 5. The molecule has 98 valence electrons. The molecule has 8 heteroatoms. The van der Waals surface area contributed by atoms with E-state index in [9.17, 15) is 0 Å². The zero-order valence-corrected chi connectivity index (χ0v) is 11.9. The van der Waals surface area contributed by atoms with Gasteiger partial charge in [-0.05, 0) is 30.0 Å². The lowest BCUT2D eigenvalue weighted by atomic mass is 10.2. The average molecular weight is 314 g/mol. The third-order valence-electron chi connectivity index (χ3n) is 2.62. The van der Waals surface area contributed by atoms with Crippen LogP contribution in [0, 0.1) is 0 Å². The van der Waals surface area contributed by atoms with Gasteiger partial charge in [-0.1, -0.05) is 0 Å². The number of hydrogen-bond donors (Lipinski definition) is 2. The van der Waals surface area contributed by atoms with Crippen LogP contribution in [0.4, 0.5) is 0 Å². The Kier molecular flexibility index (Phi) is 4.10. The molecule has 2 heterocycles. The van der Waals surface area contributed by atoms with Crippen molar-refractivity contribution in [2.45, 2.75) is 12.6 Å². The van der Waals surface area contributed by atoms with E-state index in [-0.39, 0.29) is 6.04 Å². The number of nitrogens with two attached hydrogens (primary N) is 1. The molecule has 1 unspecified atom stereocenters. The third-order valence-corrected chi connectivity index (χ3v) is 3.23. The molecule has 2 rings (SSSR count). The molecule has 0 saturated heterocycles. The lowest BCUT2D eigenvalue weighted by molar-refractivity contribution is 0.367. The van der Waals surface area contributed by atoms with E-state index in [1.807, 2.05) is 18.8 Å². The van der Waals surface area contributed by atoms with Crippen LogP contribution in [0.15, 0.2) is 17.0 Å². The van der Waals surface area contributed by atoms with Crippen LogP contribution in [0.5, 0.6) is 0 Å². The predicted molar refractivity (Wildman–Crippen MR) is 70.9 cm³/mol. The average Bonchev–Trinajstić information content (AvgIpc) is 2.94. The van der Waals surface area contributed by atoms with Gasteiger partial charge in [0.25, 0.3) is 0 Å². The van der Waals surface area contributed by atoms with Crippen molar-refractivity contribution < 1.29 is 0 Å². The summed E-state index contributed by atoms with van der Waals surface area (Å²) in [6.07, 6.45) is 3.20. The van der Waals surface area contributed by atoms with Crippen LogP contribution in [0.25, 0.3) is 0 Å². The summed E-state index contributed by atoms with van der Waals surface area (Å²) in [5.74, 6) is 0.627. The van der Waals surface area contributed by atoms with Crippen molar-refractivity contribution in [3.8, 4) is 0 Å². The fourth-order valence-electron chi connectivity index (χ4n) is 1.65. The van der Waals surface area contributed by atoms with Gasteiger partial charge in [-0.2, -0.15) is 10.2 Å². The molecule has 0 saturated carbocycles. The van der Waals surface area contributed by atoms with Crippen LogP contribution in [0.3, 0.4) is 0 Å². The van der Waals surface area contributed by atoms with Gasteiger partial charge in [0.2, 0.25) is 0 Å². The van der Waals surface area contributed by atoms with Crippen molar-refractivity contribution >= 4 is 15.9 Å². The number of H-pyrrole nitrogens is 1. The molecule has 0 amide bonds. The second-order valence-corrected chi connectivity index (χ2v) is 5.11. The van der Waals surface area contributed by atoms with Gasteiger partial charge in [-0.15, -0.1) is 0 Å². The summed E-state index contributed by atoms with van der Waals surface area (Å²) in [5, 5.41) is 10.9. The largest absolute Gasteiger partial charge is 0.316 e. The van der Waals surface area contributed by atoms with E-state index in [2.05, 4.69) is 41.1 Å². The molecule has 0 aromatic carbocycles. The van der Waals surface area contributed by atoms with Crippen molar-refractivity contribution in [1.82, 2.24) is 29.9 Å². The molecule has 0 fully saturated rings. The molecule has 2 aromatic rings. The molecule has 18 heavy (non-hydrogen) atoms. The molecule has 0 aliphatic rings. The molecule has 3 N–H and O–H groups in total. The van der Waals surface area contributed by atoms with Crippen molar-refractivity contribution in [2.24, 2.45) is 5.73 Å². The van der Waals surface area contributed by atoms with Crippen LogP contribution in [-0.2, 0) is 6.54 Å². The number of halogens is 1. The Morgan fingerprint density at radius 1 is 1.56 bits per heavy atom. The Morgan fingerprint density at radius 3 is 2.94 bits per heavy atom. The Morgan fingerprint density at radius 2 is 2.33 bits per heavy atom. The quantitative estimate of drug-likeness (QED) is 0.832. The second-order valence-electron chi connectivity index (χ2n) is 4.25. The molecule has 1 atom stereocenters. The maximum absolute atomic E-state index is 6.18. The van der Waals surface area contributed by atoms with E-state index in [1.165, 1.54) is 6.33 Å². The highest BCUT2D eigenvalue weighted by Crippen LogP contribution is 2.24. The van der Waals surface area contributed by atoms with Gasteiger partial charge in [0.05, 0.1) is 22.9 Å². The molecule has 0 spiro atoms. The topological polar surface area (TPSA) is 88.7 Å². The first-order valence-corrected chi connectivity index (χ1v) is 6.35. The van der Waals surface area contributed by atoms with Gasteiger partial charge in [0.1, 0.15) is 18.2 Å². The Labute approximate surface area is 114 Å². The van der Waals surface area contributed by atoms with Crippen LogP contribution in [-0.4, -0.2) is 50.5 Å². The molecular formula is C10H16BrN7. The number of aromatic nitrogens is 5. The van der Waals surface area contributed by atoms with Crippen molar-refractivity contribution in [1.29, 1.82) is 0 Å². The lowest BCUT2D eigenvalue weighted by Crippen LogP contribution is -2.24. The summed E-state index contributed by atoms with van der Waals surface area (Å²) in [5.41, 5.74) is 7.07. The first-order chi connectivity index (χ1) is 8.59. The van der Waals surface area contributed by atoms with E-state index >= 15 is 0 Å². The minimum Gasteiger partial charge on any atom is -0.316 e. The van der Waals surface area contributed by atoms with Gasteiger partial charge in [0, 0.05) is 6.54 Å². The molecular weight excluding hydrogens is 298 g/mol. The maximum atomic E-state index is 6.18. The fraction of sp³-hybridized carbons (Fsp3) is 0.500. The summed E-state index contributed by atoms with van der Waals surface area (Å²) in [6, 6.07) is -0.369. The number of nitrogens with zero attached hydrogens (tertiary/aromatic N) is 5. The predicted octanol–water partition coefficient (Wildman–Crippen LogP) is 0.373. The highest BCUT2D eigenvalue weighted by Gasteiger charge is 2.20. The first kappa shape index (κ1) is 13.2. The molecule has 2 aromatic heterocycles. The minimum absolute atomic E-state index is 0.369. The number of hydrogen-bond acceptors (Lipinski definition) is 5. The van der Waals surface area contributed by atoms with E-state index in [1.54, 1.807) is 6.20 Å². The zero-order valence-electron chi connectivity index (χ0n) is 10.3. The standard InChI is InChI=1S/C10H16BrN7/c1-17(2)3-4-18-9(7(11)5-15-18)8(12)10-13-6-14-16-10/h5-6,8H,3-4,12H2,1-2H3,(H,13,14,16). The van der Waals surface area contributed by atoms with E-state index in [4.69, 9.17) is 5.73 Å². The molecule has 0 radical (unpaired) electrons. The Hall–Kier alpha value is -1.25. The summed E-state index contributed by atoms with van der Waals surface area (Å²) < 4.78 is 2.77. The second kappa shape index (κ2) is 5.59. The zero-order chi connectivity index (χ0) is 13.1. The summed E-state index contributed by atoms with van der Waals surface area (Å²) in [4.78, 5) is 6.18. The van der Waals surface area contributed by atoms with Crippen molar-refractivity contribution in [2.75, 3.05) is 20.6 Å². The maximum Gasteiger partial charge on any atom is 0.147 e. The third kappa shape index (κ3) is 2.77. The molecule has 0 bridgehead atoms. The van der Waals surface area contributed by atoms with Crippen LogP contribution in [0.1, 0.15) is 17.6 Å². The van der Waals surface area contributed by atoms with Gasteiger partial charge in [-0.25, -0.2) is 4.98 Å². The van der Waals surface area contributed by atoms with Crippen LogP contribution >= 0.6 is 15.9 Å². The number of nitrogens with one attached hydrogen (secondary N) is 1. The smallest absolute Gasteiger partial charge is 0.147 e. The highest BCUT2D eigenvalue weighted by molar-refractivity contribution is 9.10. The van der Waals surface area contributed by atoms with Gasteiger partial charge in [0.15, 0.2) is 0 Å². The van der Waals surface area contributed by atoms with Crippen molar-refractivity contribution in [3.05, 3.63) is 28.5 Å². The van der Waals surface area contributed by atoms with Crippen molar-refractivity contribution in [3.63, 3.8) is 0 Å². The lowest BCUT2D eigenvalue weighted by Gasteiger charge is -2.15. The number of aromatic amines is 1. The Balaban J connectivity index is 2.23. The summed E-state index contributed by atoms with van der Waals surface area (Å²) in [6.45, 7) is 1.67. The monoisotopic (exact) mass is 313 g/mol. The van der Waals surface area contributed by atoms with Gasteiger partial charge in [-0.3, -0.25) is 9.78 Å². The molecule has 0 aliphatic heterocycles. The highest BCUT2D eigenvalue weighted by atomic mass is 79.9. The molecule has 7 nitrogen and oxygen atoms in total. The summed E-state index contributed by atoms with van der Waals surface area (Å²) >= 11 is 3.47.